The van der Waals surface area contributed by atoms with Crippen LogP contribution >= 0.6 is 0 Å². The molecule has 9 nitrogen and oxygen atoms in total. The number of hydrogen-bond acceptors (Lipinski definition) is 8. The summed E-state index contributed by atoms with van der Waals surface area (Å²) < 4.78 is 5.80. The number of ether oxygens (including phenoxy) is 1. The van der Waals surface area contributed by atoms with Crippen LogP contribution in [0.15, 0.2) is 55.1 Å². The van der Waals surface area contributed by atoms with Crippen LogP contribution in [0.3, 0.4) is 0 Å². The van der Waals surface area contributed by atoms with E-state index in [2.05, 4.69) is 30.5 Å². The molecular formula is C23H23N7O2. The summed E-state index contributed by atoms with van der Waals surface area (Å²) in [5.41, 5.74) is 2.17. The maximum atomic E-state index is 13.0. The average Bonchev–Trinajstić information content (AvgIpc) is 2.79. The first kappa shape index (κ1) is 21.2. The zero-order chi connectivity index (χ0) is 22.6. The lowest BCUT2D eigenvalue weighted by Crippen LogP contribution is -2.48. The Hall–Kier alpha value is -4.03. The molecule has 2 N–H and O–H groups in total. The van der Waals surface area contributed by atoms with Gasteiger partial charge in [-0.25, -0.2) is 9.97 Å². The molecule has 0 spiro atoms. The number of nitriles is 1. The minimum absolute atomic E-state index is 0.270. The molecule has 3 aromatic rings. The largest absolute Gasteiger partial charge is 0.372 e. The molecule has 0 radical (unpaired) electrons. The van der Waals surface area contributed by atoms with Crippen molar-refractivity contribution in [1.29, 1.82) is 5.26 Å². The molecule has 0 unspecified atom stereocenters. The van der Waals surface area contributed by atoms with E-state index < -0.39 is 0 Å². The minimum Gasteiger partial charge on any atom is -0.372 e. The quantitative estimate of drug-likeness (QED) is 0.634. The molecule has 1 aliphatic rings. The molecule has 0 bridgehead atoms. The molecule has 162 valence electrons. The number of rotatable bonds is 5. The van der Waals surface area contributed by atoms with E-state index in [0.717, 1.165) is 12.2 Å². The number of morpholine rings is 1. The van der Waals surface area contributed by atoms with Crippen LogP contribution in [-0.2, 0) is 4.74 Å². The lowest BCUT2D eigenvalue weighted by molar-refractivity contribution is -0.0276. The van der Waals surface area contributed by atoms with Gasteiger partial charge in [0.2, 0.25) is 0 Å². The van der Waals surface area contributed by atoms with E-state index in [1.165, 1.54) is 6.20 Å². The Kier molecular flexibility index (Phi) is 5.96. The van der Waals surface area contributed by atoms with Gasteiger partial charge in [-0.05, 0) is 44.2 Å². The molecule has 3 aromatic heterocycles. The molecule has 32 heavy (non-hydrogen) atoms. The van der Waals surface area contributed by atoms with Crippen LogP contribution in [0.5, 0.6) is 0 Å². The average molecular weight is 429 g/mol. The molecule has 1 amide bonds. The van der Waals surface area contributed by atoms with Crippen LogP contribution in [0.2, 0.25) is 0 Å². The van der Waals surface area contributed by atoms with E-state index in [1.54, 1.807) is 42.9 Å². The van der Waals surface area contributed by atoms with E-state index in [9.17, 15) is 4.79 Å². The van der Waals surface area contributed by atoms with E-state index in [-0.39, 0.29) is 11.5 Å². The van der Waals surface area contributed by atoms with Crippen LogP contribution < -0.4 is 15.5 Å². The predicted octanol–water partition coefficient (Wildman–Crippen LogP) is 3.35. The molecule has 4 rings (SSSR count). The lowest BCUT2D eigenvalue weighted by atomic mass is 10.1. The van der Waals surface area contributed by atoms with Crippen molar-refractivity contribution in [2.75, 3.05) is 35.2 Å². The first-order chi connectivity index (χ1) is 15.4. The van der Waals surface area contributed by atoms with Crippen molar-refractivity contribution < 1.29 is 9.53 Å². The summed E-state index contributed by atoms with van der Waals surface area (Å²) in [5, 5.41) is 14.9. The molecule has 4 heterocycles. The van der Waals surface area contributed by atoms with Crippen LogP contribution in [0, 0.1) is 11.3 Å². The molecule has 1 saturated heterocycles. The number of amides is 1. The van der Waals surface area contributed by atoms with Crippen molar-refractivity contribution in [3.63, 3.8) is 0 Å². The summed E-state index contributed by atoms with van der Waals surface area (Å²) in [6.07, 6.45) is 6.38. The lowest BCUT2D eigenvalue weighted by Gasteiger charge is -2.40. The van der Waals surface area contributed by atoms with Crippen molar-refractivity contribution in [1.82, 2.24) is 15.0 Å². The van der Waals surface area contributed by atoms with Gasteiger partial charge in [-0.15, -0.1) is 0 Å². The van der Waals surface area contributed by atoms with Crippen LogP contribution in [0.4, 0.5) is 23.0 Å². The summed E-state index contributed by atoms with van der Waals surface area (Å²) in [5.74, 6) is 0.722. The number of nitrogens with one attached hydrogen (secondary N) is 2. The Bertz CT molecular complexity index is 1160. The minimum atomic E-state index is -0.273. The highest BCUT2D eigenvalue weighted by Crippen LogP contribution is 2.29. The number of aromatic nitrogens is 3. The number of anilines is 4. The summed E-state index contributed by atoms with van der Waals surface area (Å²) in [4.78, 5) is 27.8. The van der Waals surface area contributed by atoms with Gasteiger partial charge >= 0.3 is 0 Å². The first-order valence-corrected chi connectivity index (χ1v) is 10.2. The maximum absolute atomic E-state index is 13.0. The number of nitrogens with zero attached hydrogens (tertiary/aromatic N) is 5. The fraction of sp³-hybridized carbons (Fsp3) is 0.261. The van der Waals surface area contributed by atoms with Gasteiger partial charge in [-0.1, -0.05) is 0 Å². The first-order valence-electron chi connectivity index (χ1n) is 10.2. The van der Waals surface area contributed by atoms with Gasteiger partial charge in [0.1, 0.15) is 17.7 Å². The second-order valence-corrected chi connectivity index (χ2v) is 7.98. The number of pyridine rings is 3. The third kappa shape index (κ3) is 4.99. The predicted molar refractivity (Wildman–Crippen MR) is 121 cm³/mol. The van der Waals surface area contributed by atoms with Gasteiger partial charge < -0.3 is 20.3 Å². The van der Waals surface area contributed by atoms with Gasteiger partial charge in [0.15, 0.2) is 0 Å². The molecule has 0 saturated carbocycles. The SMILES string of the molecule is CC1(C)CN(c2ccncc2NC(=O)c2ccnc(Nc3ccc(C#N)cn3)c2)CCO1. The summed E-state index contributed by atoms with van der Waals surface area (Å²) in [6.45, 7) is 6.16. The van der Waals surface area contributed by atoms with Gasteiger partial charge in [0.25, 0.3) is 5.91 Å². The molecular weight excluding hydrogens is 406 g/mol. The van der Waals surface area contributed by atoms with Crippen molar-refractivity contribution >= 4 is 28.9 Å². The summed E-state index contributed by atoms with van der Waals surface area (Å²) in [6, 6.07) is 10.5. The second kappa shape index (κ2) is 8.99. The Morgan fingerprint density at radius 1 is 1.16 bits per heavy atom. The summed E-state index contributed by atoms with van der Waals surface area (Å²) >= 11 is 0. The van der Waals surface area contributed by atoms with Gasteiger partial charge in [-0.2, -0.15) is 5.26 Å². The fourth-order valence-electron chi connectivity index (χ4n) is 3.48. The Balaban J connectivity index is 1.50. The summed E-state index contributed by atoms with van der Waals surface area (Å²) in [7, 11) is 0. The third-order valence-corrected chi connectivity index (χ3v) is 4.98. The number of hydrogen-bond donors (Lipinski definition) is 2. The molecule has 1 aliphatic heterocycles. The van der Waals surface area contributed by atoms with Crippen molar-refractivity contribution in [3.05, 3.63) is 66.2 Å². The Morgan fingerprint density at radius 3 is 2.78 bits per heavy atom. The van der Waals surface area contributed by atoms with Crippen LogP contribution in [0.25, 0.3) is 0 Å². The highest BCUT2D eigenvalue weighted by molar-refractivity contribution is 6.06. The molecule has 1 fully saturated rings. The molecule has 9 heteroatoms. The highest BCUT2D eigenvalue weighted by Gasteiger charge is 2.28. The fourth-order valence-corrected chi connectivity index (χ4v) is 3.48. The second-order valence-electron chi connectivity index (χ2n) is 7.98. The standard InChI is InChI=1S/C23H23N7O2/c1-23(2)15-30(9-10-32-23)19-6-7-25-14-18(19)28-22(31)17-5-8-26-21(11-17)29-20-4-3-16(12-24)13-27-20/h3-8,11,13-14H,9-10,15H2,1-2H3,(H,28,31)(H,26,27,29). The smallest absolute Gasteiger partial charge is 0.255 e. The third-order valence-electron chi connectivity index (χ3n) is 4.98. The van der Waals surface area contributed by atoms with Gasteiger partial charge in [0, 0.05) is 37.2 Å². The Morgan fingerprint density at radius 2 is 2.03 bits per heavy atom. The van der Waals surface area contributed by atoms with Crippen LogP contribution in [-0.4, -0.2) is 46.2 Å². The zero-order valence-electron chi connectivity index (χ0n) is 17.9. The van der Waals surface area contributed by atoms with E-state index in [0.29, 0.717) is 41.6 Å². The molecule has 0 aliphatic carbocycles. The van der Waals surface area contributed by atoms with Gasteiger partial charge in [-0.3, -0.25) is 9.78 Å². The highest BCUT2D eigenvalue weighted by atomic mass is 16.5. The van der Waals surface area contributed by atoms with Crippen molar-refractivity contribution in [2.24, 2.45) is 0 Å². The van der Waals surface area contributed by atoms with E-state index in [1.807, 2.05) is 26.0 Å². The topological polar surface area (TPSA) is 116 Å². The number of carbonyl (C=O) groups is 1. The monoisotopic (exact) mass is 429 g/mol. The Labute approximate surface area is 186 Å². The molecule has 0 atom stereocenters. The van der Waals surface area contributed by atoms with Gasteiger partial charge in [0.05, 0.1) is 35.3 Å². The van der Waals surface area contributed by atoms with Crippen LogP contribution in [0.1, 0.15) is 29.8 Å². The zero-order valence-corrected chi connectivity index (χ0v) is 17.9. The van der Waals surface area contributed by atoms with E-state index >= 15 is 0 Å². The van der Waals surface area contributed by atoms with Crippen molar-refractivity contribution in [2.45, 2.75) is 19.4 Å². The maximum Gasteiger partial charge on any atom is 0.255 e. The molecule has 0 aromatic carbocycles. The number of carbonyl (C=O) groups excluding carboxylic acids is 1. The van der Waals surface area contributed by atoms with E-state index in [4.69, 9.17) is 10.00 Å². The van der Waals surface area contributed by atoms with Crippen molar-refractivity contribution in [3.8, 4) is 6.07 Å². The normalized spacial score (nSPS) is 15.0.